The summed E-state index contributed by atoms with van der Waals surface area (Å²) in [7, 11) is -4.38. The van der Waals surface area contributed by atoms with Crippen molar-refractivity contribution in [2.75, 3.05) is 6.61 Å². The molecule has 14 heavy (non-hydrogen) atoms. The van der Waals surface area contributed by atoms with Gasteiger partial charge in [-0.15, -0.1) is 0 Å². The van der Waals surface area contributed by atoms with Gasteiger partial charge in [-0.1, -0.05) is 0 Å². The topological polar surface area (TPSA) is 126 Å². The minimum atomic E-state index is -4.38. The van der Waals surface area contributed by atoms with Crippen LogP contribution in [0, 0.1) is 0 Å². The maximum atomic E-state index is 10.9. The molecule has 0 bridgehead atoms. The van der Waals surface area contributed by atoms with Crippen LogP contribution in [0.25, 0.3) is 0 Å². The highest BCUT2D eigenvalue weighted by Crippen LogP contribution is 2.60. The van der Waals surface area contributed by atoms with Gasteiger partial charge in [0.05, 0.1) is 6.61 Å². The lowest BCUT2D eigenvalue weighted by Crippen LogP contribution is -2.46. The van der Waals surface area contributed by atoms with E-state index in [1.807, 2.05) is 0 Å². The van der Waals surface area contributed by atoms with Crippen molar-refractivity contribution in [1.29, 1.82) is 0 Å². The van der Waals surface area contributed by atoms with Crippen LogP contribution in [0.15, 0.2) is 0 Å². The molecule has 2 fully saturated rings. The van der Waals surface area contributed by atoms with Crippen molar-refractivity contribution < 1.29 is 38.6 Å². The molecule has 0 aromatic carbocycles. The molecule has 0 saturated carbocycles. The molecule has 2 heterocycles. The zero-order valence-electron chi connectivity index (χ0n) is 6.81. The molecule has 9 heteroatoms. The van der Waals surface area contributed by atoms with Crippen LogP contribution in [0.1, 0.15) is 0 Å². The van der Waals surface area contributed by atoms with Gasteiger partial charge in [-0.05, 0) is 0 Å². The molecule has 4 N–H and O–H groups in total. The number of aliphatic hydroxyl groups excluding tert-OH is 2. The molecule has 0 aromatic rings. The third-order valence-electron chi connectivity index (χ3n) is 2.09. The van der Waals surface area contributed by atoms with Crippen LogP contribution in [0.5, 0.6) is 0 Å². The van der Waals surface area contributed by atoms with E-state index in [0.717, 1.165) is 0 Å². The fraction of sp³-hybridized carbons (Fsp3) is 1.00. The molecule has 0 amide bonds. The summed E-state index contributed by atoms with van der Waals surface area (Å²) in [5, 5.41) is 27.5. The van der Waals surface area contributed by atoms with Crippen LogP contribution in [0.2, 0.25) is 0 Å². The molecule has 1 unspecified atom stereocenters. The van der Waals surface area contributed by atoms with E-state index in [4.69, 9.17) is 10.00 Å². The number of fused-ring (bicyclic) bond motifs is 1. The Hall–Kier alpha value is -0.0500. The Morgan fingerprint density at radius 3 is 2.71 bits per heavy atom. The fourth-order valence-corrected chi connectivity index (χ4v) is 2.65. The van der Waals surface area contributed by atoms with Crippen LogP contribution in [0.3, 0.4) is 0 Å². The smallest absolute Gasteiger partial charge is 0.394 e. The van der Waals surface area contributed by atoms with E-state index in [0.29, 0.717) is 0 Å². The first-order valence-corrected chi connectivity index (χ1v) is 5.27. The van der Waals surface area contributed by atoms with Gasteiger partial charge in [0, 0.05) is 0 Å². The van der Waals surface area contributed by atoms with Gasteiger partial charge in [-0.25, -0.2) is 9.09 Å². The second kappa shape index (κ2) is 2.97. The first kappa shape index (κ1) is 10.5. The van der Waals surface area contributed by atoms with Crippen molar-refractivity contribution in [3.05, 3.63) is 0 Å². The molecule has 0 radical (unpaired) electrons. The average molecular weight is 228 g/mol. The lowest BCUT2D eigenvalue weighted by Gasteiger charge is -2.19. The summed E-state index contributed by atoms with van der Waals surface area (Å²) in [6.45, 7) is -0.576. The zero-order valence-corrected chi connectivity index (χ0v) is 7.70. The second-order valence-corrected chi connectivity index (χ2v) is 4.38. The first-order chi connectivity index (χ1) is 6.39. The van der Waals surface area contributed by atoms with Crippen LogP contribution in [-0.2, 0) is 18.3 Å². The number of hydrogen-bond acceptors (Lipinski definition) is 7. The Morgan fingerprint density at radius 2 is 2.14 bits per heavy atom. The van der Waals surface area contributed by atoms with Crippen molar-refractivity contribution in [2.45, 2.75) is 24.3 Å². The molecular weight excluding hydrogens is 219 g/mol. The number of rotatable bonds is 1. The average Bonchev–Trinajstić information content (AvgIpc) is 2.42. The molecule has 5 atom stereocenters. The SMILES string of the molecule is O=P1(O)O[C@@H]2[C@@H](CO)O[C@@H](O)[C@]2(O)O1. The van der Waals surface area contributed by atoms with Crippen molar-refractivity contribution in [3.63, 3.8) is 0 Å². The summed E-state index contributed by atoms with van der Waals surface area (Å²) >= 11 is 0. The van der Waals surface area contributed by atoms with Crippen LogP contribution < -0.4 is 0 Å². The highest BCUT2D eigenvalue weighted by molar-refractivity contribution is 7.47. The van der Waals surface area contributed by atoms with E-state index in [1.54, 1.807) is 0 Å². The van der Waals surface area contributed by atoms with Gasteiger partial charge < -0.3 is 24.9 Å². The lowest BCUT2D eigenvalue weighted by atomic mass is 10.1. The number of aliphatic hydroxyl groups is 3. The highest BCUT2D eigenvalue weighted by Gasteiger charge is 2.67. The Bertz CT molecular complexity index is 293. The van der Waals surface area contributed by atoms with E-state index in [9.17, 15) is 14.8 Å². The van der Waals surface area contributed by atoms with Gasteiger partial charge in [0.25, 0.3) is 5.79 Å². The molecule has 8 nitrogen and oxygen atoms in total. The van der Waals surface area contributed by atoms with Crippen LogP contribution in [-0.4, -0.2) is 51.1 Å². The van der Waals surface area contributed by atoms with Crippen molar-refractivity contribution in [3.8, 4) is 0 Å². The van der Waals surface area contributed by atoms with E-state index in [1.165, 1.54) is 0 Å². The Balaban J connectivity index is 2.30. The number of ether oxygens (including phenoxy) is 1. The summed E-state index contributed by atoms with van der Waals surface area (Å²) in [6.07, 6.45) is -4.30. The van der Waals surface area contributed by atoms with E-state index in [-0.39, 0.29) is 0 Å². The standard InChI is InChI=1S/C5H9O8P/c6-1-2-3-5(8,4(7)11-2)13-14(9,10)12-3/h2-4,6-8H,1H2,(H,9,10)/t2-,3-,4-,5-/m1/s1. The number of hydrogen-bond donors (Lipinski definition) is 4. The molecule has 2 rings (SSSR count). The van der Waals surface area contributed by atoms with Crippen LogP contribution in [0.4, 0.5) is 0 Å². The molecule has 0 spiro atoms. The maximum absolute atomic E-state index is 10.9. The van der Waals surface area contributed by atoms with E-state index < -0.39 is 38.7 Å². The van der Waals surface area contributed by atoms with Crippen LogP contribution >= 0.6 is 7.82 Å². The van der Waals surface area contributed by atoms with Crippen molar-refractivity contribution in [1.82, 2.24) is 0 Å². The van der Waals surface area contributed by atoms with E-state index in [2.05, 4.69) is 13.8 Å². The summed E-state index contributed by atoms with van der Waals surface area (Å²) in [5.74, 6) is -2.39. The largest absolute Gasteiger partial charge is 0.475 e. The Labute approximate surface area is 78.3 Å². The molecule has 2 aliphatic rings. The van der Waals surface area contributed by atoms with Gasteiger partial charge in [-0.3, -0.25) is 4.52 Å². The Morgan fingerprint density at radius 1 is 1.50 bits per heavy atom. The summed E-state index contributed by atoms with van der Waals surface area (Å²) in [5.41, 5.74) is 0. The summed E-state index contributed by atoms with van der Waals surface area (Å²) in [6, 6.07) is 0. The van der Waals surface area contributed by atoms with Gasteiger partial charge in [-0.2, -0.15) is 0 Å². The predicted molar refractivity (Wildman–Crippen MR) is 38.7 cm³/mol. The monoisotopic (exact) mass is 228 g/mol. The normalized spacial score (nSPS) is 57.6. The zero-order chi connectivity index (χ0) is 10.6. The molecule has 82 valence electrons. The van der Waals surface area contributed by atoms with Gasteiger partial charge in [0.15, 0.2) is 6.10 Å². The maximum Gasteiger partial charge on any atom is 0.475 e. The molecule has 2 aliphatic heterocycles. The van der Waals surface area contributed by atoms with Gasteiger partial charge >= 0.3 is 7.82 Å². The first-order valence-electron chi connectivity index (χ1n) is 3.78. The number of phosphoric acid groups is 1. The summed E-state index contributed by atoms with van der Waals surface area (Å²) < 4.78 is 24.3. The number of phosphoric ester groups is 1. The highest BCUT2D eigenvalue weighted by atomic mass is 31.2. The molecule has 2 saturated heterocycles. The fourth-order valence-electron chi connectivity index (χ4n) is 1.47. The summed E-state index contributed by atoms with van der Waals surface area (Å²) in [4.78, 5) is 8.90. The quantitative estimate of drug-likeness (QED) is 0.376. The third kappa shape index (κ3) is 1.32. The molecule has 0 aliphatic carbocycles. The minimum absolute atomic E-state index is 0.576. The molecule has 0 aromatic heterocycles. The minimum Gasteiger partial charge on any atom is -0.394 e. The second-order valence-electron chi connectivity index (χ2n) is 3.05. The Kier molecular flexibility index (Phi) is 2.22. The van der Waals surface area contributed by atoms with E-state index >= 15 is 0 Å². The lowest BCUT2D eigenvalue weighted by molar-refractivity contribution is -0.247. The molecular formula is C5H9O8P. The van der Waals surface area contributed by atoms with Gasteiger partial charge in [0.1, 0.15) is 6.10 Å². The predicted octanol–water partition coefficient (Wildman–Crippen LogP) is -2.10. The third-order valence-corrected chi connectivity index (χ3v) is 3.11. The van der Waals surface area contributed by atoms with Crippen molar-refractivity contribution in [2.24, 2.45) is 0 Å². The van der Waals surface area contributed by atoms with Gasteiger partial charge in [0.2, 0.25) is 6.29 Å². The van der Waals surface area contributed by atoms with Crippen molar-refractivity contribution >= 4 is 7.82 Å².